The molecule has 0 aromatic rings. The van der Waals surface area contributed by atoms with Gasteiger partial charge in [0.1, 0.15) is 0 Å². The van der Waals surface area contributed by atoms with E-state index in [4.69, 9.17) is 5.73 Å². The molecule has 1 rings (SSSR count). The molecule has 1 atom stereocenters. The molecule has 3 nitrogen and oxygen atoms in total. The van der Waals surface area contributed by atoms with Crippen LogP contribution in [0.4, 0.5) is 0 Å². The number of nitrogens with zero attached hydrogens (tertiary/aromatic N) is 2. The minimum atomic E-state index is 0.388. The van der Waals surface area contributed by atoms with E-state index in [0.29, 0.717) is 11.3 Å². The molecule has 3 heteroatoms. The standard InChI is InChI=1S/C12H27N3/c1-12(2)10-15(8-7-14(3)4)6-5-11(12)9-13/h11H,5-10,13H2,1-4H3. The normalized spacial score (nSPS) is 27.2. The van der Waals surface area contributed by atoms with Crippen molar-refractivity contribution >= 4 is 0 Å². The van der Waals surface area contributed by atoms with Gasteiger partial charge in [-0.05, 0) is 44.9 Å². The summed E-state index contributed by atoms with van der Waals surface area (Å²) in [6, 6.07) is 0. The Morgan fingerprint density at radius 3 is 2.53 bits per heavy atom. The molecule has 1 aliphatic rings. The first kappa shape index (κ1) is 12.9. The molecule has 0 amide bonds. The summed E-state index contributed by atoms with van der Waals surface area (Å²) in [7, 11) is 4.27. The zero-order chi connectivity index (χ0) is 11.5. The lowest BCUT2D eigenvalue weighted by molar-refractivity contribution is 0.0559. The highest BCUT2D eigenvalue weighted by atomic mass is 15.2. The molecule has 1 unspecified atom stereocenters. The third-order valence-corrected chi connectivity index (χ3v) is 3.68. The van der Waals surface area contributed by atoms with Gasteiger partial charge in [-0.3, -0.25) is 0 Å². The summed E-state index contributed by atoms with van der Waals surface area (Å²) in [6.45, 7) is 10.3. The highest BCUT2D eigenvalue weighted by molar-refractivity contribution is 4.87. The van der Waals surface area contributed by atoms with Crippen molar-refractivity contribution in [3.05, 3.63) is 0 Å². The lowest BCUT2D eigenvalue weighted by Gasteiger charge is -2.44. The Morgan fingerprint density at radius 2 is 2.07 bits per heavy atom. The second kappa shape index (κ2) is 5.28. The van der Waals surface area contributed by atoms with E-state index < -0.39 is 0 Å². The Hall–Kier alpha value is -0.120. The number of likely N-dealkylation sites (tertiary alicyclic amines) is 1. The molecule has 0 aliphatic carbocycles. The first-order chi connectivity index (χ1) is 6.95. The molecule has 2 N–H and O–H groups in total. The molecule has 1 saturated heterocycles. The van der Waals surface area contributed by atoms with Gasteiger partial charge in [-0.25, -0.2) is 0 Å². The van der Waals surface area contributed by atoms with Crippen molar-refractivity contribution < 1.29 is 0 Å². The highest BCUT2D eigenvalue weighted by Gasteiger charge is 2.34. The van der Waals surface area contributed by atoms with E-state index in [9.17, 15) is 0 Å². The Bertz CT molecular complexity index is 189. The molecule has 90 valence electrons. The van der Waals surface area contributed by atoms with Gasteiger partial charge in [0.25, 0.3) is 0 Å². The Balaban J connectivity index is 2.40. The van der Waals surface area contributed by atoms with E-state index in [2.05, 4.69) is 37.7 Å². The average Bonchev–Trinajstić information content (AvgIpc) is 2.13. The highest BCUT2D eigenvalue weighted by Crippen LogP contribution is 2.33. The number of hydrogen-bond acceptors (Lipinski definition) is 3. The van der Waals surface area contributed by atoms with Crippen LogP contribution in [0, 0.1) is 11.3 Å². The fourth-order valence-electron chi connectivity index (χ4n) is 2.48. The van der Waals surface area contributed by atoms with Gasteiger partial charge in [0.15, 0.2) is 0 Å². The van der Waals surface area contributed by atoms with Crippen LogP contribution in [-0.2, 0) is 0 Å². The fourth-order valence-corrected chi connectivity index (χ4v) is 2.48. The maximum absolute atomic E-state index is 5.82. The lowest BCUT2D eigenvalue weighted by Crippen LogP contribution is -2.49. The molecular weight excluding hydrogens is 186 g/mol. The first-order valence-electron chi connectivity index (χ1n) is 6.03. The molecule has 1 fully saturated rings. The quantitative estimate of drug-likeness (QED) is 0.751. The Morgan fingerprint density at radius 1 is 1.40 bits per heavy atom. The van der Waals surface area contributed by atoms with E-state index >= 15 is 0 Å². The van der Waals surface area contributed by atoms with Crippen molar-refractivity contribution in [1.82, 2.24) is 9.80 Å². The molecule has 0 spiro atoms. The van der Waals surface area contributed by atoms with Crippen molar-refractivity contribution in [3.63, 3.8) is 0 Å². The van der Waals surface area contributed by atoms with Gasteiger partial charge in [0, 0.05) is 19.6 Å². The Labute approximate surface area is 94.6 Å². The van der Waals surface area contributed by atoms with Gasteiger partial charge in [0.2, 0.25) is 0 Å². The second-order valence-corrected chi connectivity index (χ2v) is 5.79. The van der Waals surface area contributed by atoms with E-state index in [1.165, 1.54) is 26.1 Å². The van der Waals surface area contributed by atoms with E-state index in [1.54, 1.807) is 0 Å². The maximum Gasteiger partial charge on any atom is 0.0109 e. The SMILES string of the molecule is CN(C)CCN1CCC(CN)C(C)(C)C1. The minimum Gasteiger partial charge on any atom is -0.330 e. The average molecular weight is 213 g/mol. The van der Waals surface area contributed by atoms with Crippen LogP contribution in [0.25, 0.3) is 0 Å². The summed E-state index contributed by atoms with van der Waals surface area (Å²) in [6.07, 6.45) is 1.26. The maximum atomic E-state index is 5.82. The molecule has 0 radical (unpaired) electrons. The van der Waals surface area contributed by atoms with Crippen molar-refractivity contribution in [3.8, 4) is 0 Å². The number of rotatable bonds is 4. The number of piperidine rings is 1. The fraction of sp³-hybridized carbons (Fsp3) is 1.00. The van der Waals surface area contributed by atoms with Gasteiger partial charge in [-0.1, -0.05) is 13.8 Å². The number of hydrogen-bond donors (Lipinski definition) is 1. The van der Waals surface area contributed by atoms with E-state index in [0.717, 1.165) is 13.1 Å². The van der Waals surface area contributed by atoms with Crippen LogP contribution < -0.4 is 5.73 Å². The summed E-state index contributed by atoms with van der Waals surface area (Å²) >= 11 is 0. The molecule has 1 heterocycles. The summed E-state index contributed by atoms with van der Waals surface area (Å²) in [5.74, 6) is 0.702. The smallest absolute Gasteiger partial charge is 0.0109 e. The topological polar surface area (TPSA) is 32.5 Å². The van der Waals surface area contributed by atoms with Crippen LogP contribution in [-0.4, -0.2) is 56.6 Å². The van der Waals surface area contributed by atoms with Crippen LogP contribution in [0.15, 0.2) is 0 Å². The van der Waals surface area contributed by atoms with Crippen LogP contribution in [0.1, 0.15) is 20.3 Å². The van der Waals surface area contributed by atoms with Crippen molar-refractivity contribution in [2.45, 2.75) is 20.3 Å². The summed E-state index contributed by atoms with van der Waals surface area (Å²) < 4.78 is 0. The van der Waals surface area contributed by atoms with Gasteiger partial charge in [0.05, 0.1) is 0 Å². The zero-order valence-corrected chi connectivity index (χ0v) is 10.8. The molecule has 0 aromatic carbocycles. The van der Waals surface area contributed by atoms with Crippen molar-refractivity contribution in [2.75, 3.05) is 46.8 Å². The largest absolute Gasteiger partial charge is 0.330 e. The van der Waals surface area contributed by atoms with Gasteiger partial charge in [-0.15, -0.1) is 0 Å². The van der Waals surface area contributed by atoms with Crippen molar-refractivity contribution in [2.24, 2.45) is 17.1 Å². The monoisotopic (exact) mass is 213 g/mol. The molecule has 15 heavy (non-hydrogen) atoms. The minimum absolute atomic E-state index is 0.388. The van der Waals surface area contributed by atoms with Crippen molar-refractivity contribution in [1.29, 1.82) is 0 Å². The third-order valence-electron chi connectivity index (χ3n) is 3.68. The summed E-state index contributed by atoms with van der Waals surface area (Å²) in [4.78, 5) is 4.83. The second-order valence-electron chi connectivity index (χ2n) is 5.79. The third kappa shape index (κ3) is 3.74. The number of nitrogens with two attached hydrogens (primary N) is 1. The van der Waals surface area contributed by atoms with Crippen LogP contribution in [0.3, 0.4) is 0 Å². The lowest BCUT2D eigenvalue weighted by atomic mass is 9.74. The molecule has 0 bridgehead atoms. The van der Waals surface area contributed by atoms with Gasteiger partial charge < -0.3 is 15.5 Å². The van der Waals surface area contributed by atoms with Gasteiger partial charge in [-0.2, -0.15) is 0 Å². The molecule has 0 saturated carbocycles. The molecular formula is C12H27N3. The summed E-state index contributed by atoms with van der Waals surface area (Å²) in [5.41, 5.74) is 6.21. The molecule has 0 aromatic heterocycles. The van der Waals surface area contributed by atoms with Gasteiger partial charge >= 0.3 is 0 Å². The number of likely N-dealkylation sites (N-methyl/N-ethyl adjacent to an activating group) is 1. The zero-order valence-electron chi connectivity index (χ0n) is 10.8. The summed E-state index contributed by atoms with van der Waals surface area (Å²) in [5, 5.41) is 0. The van der Waals surface area contributed by atoms with E-state index in [1.807, 2.05) is 0 Å². The Kier molecular flexibility index (Phi) is 4.56. The van der Waals surface area contributed by atoms with Crippen LogP contribution >= 0.6 is 0 Å². The first-order valence-corrected chi connectivity index (χ1v) is 6.03. The van der Waals surface area contributed by atoms with E-state index in [-0.39, 0.29) is 0 Å². The predicted molar refractivity (Wildman–Crippen MR) is 65.9 cm³/mol. The van der Waals surface area contributed by atoms with Crippen LogP contribution in [0.5, 0.6) is 0 Å². The predicted octanol–water partition coefficient (Wildman–Crippen LogP) is 0.855. The molecule has 1 aliphatic heterocycles. The van der Waals surface area contributed by atoms with Crippen LogP contribution in [0.2, 0.25) is 0 Å².